The number of nitrogens with two attached hydrogens (primary N) is 1. The van der Waals surface area contributed by atoms with E-state index in [4.69, 9.17) is 17.3 Å². The number of sulfonamides is 1. The van der Waals surface area contributed by atoms with Crippen LogP contribution in [0.5, 0.6) is 0 Å². The number of benzene rings is 1. The topological polar surface area (TPSA) is 89.3 Å². The first kappa shape index (κ1) is 12.0. The highest BCUT2D eigenvalue weighted by molar-refractivity contribution is 7.90. The van der Waals surface area contributed by atoms with Crippen molar-refractivity contribution in [3.8, 4) is 0 Å². The molecule has 0 fully saturated rings. The smallest absolute Gasteiger partial charge is 0.264 e. The van der Waals surface area contributed by atoms with E-state index in [-0.39, 0.29) is 16.5 Å². The zero-order valence-electron chi connectivity index (χ0n) is 7.60. The quantitative estimate of drug-likeness (QED) is 0.794. The van der Waals surface area contributed by atoms with Gasteiger partial charge in [-0.2, -0.15) is 0 Å². The van der Waals surface area contributed by atoms with E-state index in [0.717, 1.165) is 0 Å². The van der Waals surface area contributed by atoms with Gasteiger partial charge < -0.3 is 5.73 Å². The molecule has 0 spiro atoms. The summed E-state index contributed by atoms with van der Waals surface area (Å²) in [6.45, 7) is -0.389. The highest BCUT2D eigenvalue weighted by Crippen LogP contribution is 2.14. The van der Waals surface area contributed by atoms with Crippen LogP contribution in [-0.4, -0.2) is 20.9 Å². The standard InChI is InChI=1S/C8H9ClN2O3S/c9-6-2-1-3-7(4-6)15(13,14)11-8(12)5-10/h1-4H,5,10H2,(H,11,12). The second kappa shape index (κ2) is 4.61. The summed E-state index contributed by atoms with van der Waals surface area (Å²) >= 11 is 5.62. The van der Waals surface area contributed by atoms with Gasteiger partial charge >= 0.3 is 0 Å². The second-order valence-electron chi connectivity index (χ2n) is 2.69. The van der Waals surface area contributed by atoms with Crippen LogP contribution in [0, 0.1) is 0 Å². The minimum atomic E-state index is -3.86. The first-order valence-corrected chi connectivity index (χ1v) is 5.83. The van der Waals surface area contributed by atoms with E-state index in [2.05, 4.69) is 0 Å². The molecule has 0 heterocycles. The van der Waals surface area contributed by atoms with Crippen LogP contribution in [0.25, 0.3) is 0 Å². The molecule has 82 valence electrons. The number of carbonyl (C=O) groups is 1. The lowest BCUT2D eigenvalue weighted by Gasteiger charge is -2.05. The van der Waals surface area contributed by atoms with Crippen molar-refractivity contribution in [3.63, 3.8) is 0 Å². The highest BCUT2D eigenvalue weighted by atomic mass is 35.5. The molecular formula is C8H9ClN2O3S. The maximum absolute atomic E-state index is 11.5. The van der Waals surface area contributed by atoms with Crippen molar-refractivity contribution in [2.24, 2.45) is 5.73 Å². The van der Waals surface area contributed by atoms with Gasteiger partial charge in [0.25, 0.3) is 10.0 Å². The van der Waals surface area contributed by atoms with Crippen LogP contribution in [-0.2, 0) is 14.8 Å². The molecule has 1 aromatic rings. The van der Waals surface area contributed by atoms with Crippen LogP contribution in [0.4, 0.5) is 0 Å². The first-order chi connectivity index (χ1) is 6.95. The number of carbonyl (C=O) groups excluding carboxylic acids is 1. The summed E-state index contributed by atoms with van der Waals surface area (Å²) in [4.78, 5) is 10.8. The molecule has 0 aliphatic rings. The van der Waals surface area contributed by atoms with Gasteiger partial charge in [-0.15, -0.1) is 0 Å². The Kier molecular flexibility index (Phi) is 3.67. The highest BCUT2D eigenvalue weighted by Gasteiger charge is 2.16. The van der Waals surface area contributed by atoms with Crippen LogP contribution in [0.15, 0.2) is 29.2 Å². The number of hydrogen-bond acceptors (Lipinski definition) is 4. The summed E-state index contributed by atoms with van der Waals surface area (Å²) < 4.78 is 24.8. The van der Waals surface area contributed by atoms with E-state index in [0.29, 0.717) is 0 Å². The molecule has 1 rings (SSSR count). The van der Waals surface area contributed by atoms with E-state index < -0.39 is 15.9 Å². The number of halogens is 1. The van der Waals surface area contributed by atoms with Gasteiger partial charge in [0.05, 0.1) is 11.4 Å². The molecule has 0 aromatic heterocycles. The summed E-state index contributed by atoms with van der Waals surface area (Å²) in [5.41, 5.74) is 4.98. The molecule has 3 N–H and O–H groups in total. The van der Waals surface area contributed by atoms with Crippen LogP contribution in [0.1, 0.15) is 0 Å². The summed E-state index contributed by atoms with van der Waals surface area (Å²) in [5, 5.41) is 0.276. The molecule has 1 aromatic carbocycles. The molecule has 0 saturated heterocycles. The van der Waals surface area contributed by atoms with Gasteiger partial charge in [-0.1, -0.05) is 17.7 Å². The molecule has 7 heteroatoms. The largest absolute Gasteiger partial charge is 0.322 e. The monoisotopic (exact) mass is 248 g/mol. The lowest BCUT2D eigenvalue weighted by Crippen LogP contribution is -2.35. The predicted molar refractivity (Wildman–Crippen MR) is 55.8 cm³/mol. The molecular weight excluding hydrogens is 240 g/mol. The summed E-state index contributed by atoms with van der Waals surface area (Å²) in [5.74, 6) is -0.769. The molecule has 0 aliphatic carbocycles. The lowest BCUT2D eigenvalue weighted by molar-refractivity contribution is -0.118. The van der Waals surface area contributed by atoms with Crippen molar-refractivity contribution in [1.82, 2.24) is 4.72 Å². The summed E-state index contributed by atoms with van der Waals surface area (Å²) in [6, 6.07) is 5.58. The molecule has 0 unspecified atom stereocenters. The average molecular weight is 249 g/mol. The van der Waals surface area contributed by atoms with E-state index >= 15 is 0 Å². The minimum Gasteiger partial charge on any atom is -0.322 e. The summed E-state index contributed by atoms with van der Waals surface area (Å²) in [7, 11) is -3.86. The number of nitrogens with one attached hydrogen (secondary N) is 1. The Morgan fingerprint density at radius 1 is 1.47 bits per heavy atom. The van der Waals surface area contributed by atoms with Crippen molar-refractivity contribution in [2.75, 3.05) is 6.54 Å². The molecule has 5 nitrogen and oxygen atoms in total. The molecule has 0 saturated carbocycles. The van der Waals surface area contributed by atoms with Crippen molar-refractivity contribution < 1.29 is 13.2 Å². The first-order valence-electron chi connectivity index (χ1n) is 3.97. The van der Waals surface area contributed by atoms with Gasteiger partial charge in [-0.05, 0) is 18.2 Å². The Hall–Kier alpha value is -1.11. The van der Waals surface area contributed by atoms with E-state index in [1.54, 1.807) is 4.72 Å². The summed E-state index contributed by atoms with van der Waals surface area (Å²) in [6.07, 6.45) is 0. The number of amides is 1. The Morgan fingerprint density at radius 3 is 2.67 bits per heavy atom. The third-order valence-electron chi connectivity index (χ3n) is 1.54. The number of rotatable bonds is 3. The SMILES string of the molecule is NCC(=O)NS(=O)(=O)c1cccc(Cl)c1. The van der Waals surface area contributed by atoms with Crippen molar-refractivity contribution in [2.45, 2.75) is 4.90 Å². The molecule has 0 radical (unpaired) electrons. The fourth-order valence-electron chi connectivity index (χ4n) is 0.885. The number of hydrogen-bond donors (Lipinski definition) is 2. The fourth-order valence-corrected chi connectivity index (χ4v) is 2.18. The third-order valence-corrected chi connectivity index (χ3v) is 3.15. The van der Waals surface area contributed by atoms with Gasteiger partial charge in [0.1, 0.15) is 0 Å². The Labute approximate surface area is 92.3 Å². The maximum atomic E-state index is 11.5. The van der Waals surface area contributed by atoms with Crippen molar-refractivity contribution in [3.05, 3.63) is 29.3 Å². The molecule has 0 atom stereocenters. The van der Waals surface area contributed by atoms with E-state index in [9.17, 15) is 13.2 Å². The molecule has 0 bridgehead atoms. The second-order valence-corrected chi connectivity index (χ2v) is 4.81. The van der Waals surface area contributed by atoms with Crippen LogP contribution >= 0.6 is 11.6 Å². The zero-order valence-corrected chi connectivity index (χ0v) is 9.18. The van der Waals surface area contributed by atoms with Gasteiger partial charge in [0.2, 0.25) is 5.91 Å². The van der Waals surface area contributed by atoms with Crippen LogP contribution in [0.2, 0.25) is 5.02 Å². The van der Waals surface area contributed by atoms with Gasteiger partial charge in [-0.25, -0.2) is 13.1 Å². The maximum Gasteiger partial charge on any atom is 0.264 e. The Bertz CT molecular complexity index is 473. The molecule has 1 amide bonds. The normalized spacial score (nSPS) is 11.1. The lowest BCUT2D eigenvalue weighted by atomic mass is 10.4. The molecule has 0 aliphatic heterocycles. The predicted octanol–water partition coefficient (Wildman–Crippen LogP) is 0.104. The zero-order chi connectivity index (χ0) is 11.5. The van der Waals surface area contributed by atoms with Crippen LogP contribution in [0.3, 0.4) is 0 Å². The Morgan fingerprint density at radius 2 is 2.13 bits per heavy atom. The van der Waals surface area contributed by atoms with Crippen molar-refractivity contribution in [1.29, 1.82) is 0 Å². The van der Waals surface area contributed by atoms with Crippen LogP contribution < -0.4 is 10.5 Å². The van der Waals surface area contributed by atoms with E-state index in [1.165, 1.54) is 24.3 Å². The van der Waals surface area contributed by atoms with Gasteiger partial charge in [-0.3, -0.25) is 4.79 Å². The third kappa shape index (κ3) is 3.19. The van der Waals surface area contributed by atoms with E-state index in [1.807, 2.05) is 0 Å². The van der Waals surface area contributed by atoms with Crippen molar-refractivity contribution >= 4 is 27.5 Å². The minimum absolute atomic E-state index is 0.0724. The Balaban J connectivity index is 3.01. The molecule has 15 heavy (non-hydrogen) atoms. The average Bonchev–Trinajstić information content (AvgIpc) is 2.17. The fraction of sp³-hybridized carbons (Fsp3) is 0.125. The van der Waals surface area contributed by atoms with Gasteiger partial charge in [0, 0.05) is 5.02 Å². The van der Waals surface area contributed by atoms with Gasteiger partial charge in [0.15, 0.2) is 0 Å².